The number of nitrogens with one attached hydrogen (secondary N) is 2. The van der Waals surface area contributed by atoms with Crippen molar-refractivity contribution in [2.75, 3.05) is 20.0 Å². The van der Waals surface area contributed by atoms with Crippen LogP contribution in [0.15, 0.2) is 106 Å². The number of halogens is 1. The molecule has 2 aliphatic heterocycles. The fourth-order valence-electron chi connectivity index (χ4n) is 5.62. The van der Waals surface area contributed by atoms with Crippen molar-refractivity contribution in [3.8, 4) is 17.2 Å². The van der Waals surface area contributed by atoms with Crippen molar-refractivity contribution in [2.45, 2.75) is 37.6 Å². The normalized spacial score (nSPS) is 17.6. The predicted octanol–water partition coefficient (Wildman–Crippen LogP) is 6.07. The van der Waals surface area contributed by atoms with Gasteiger partial charge in [-0.1, -0.05) is 69.6 Å². The number of hydrazine groups is 1. The molecule has 4 aromatic rings. The highest BCUT2D eigenvalue weighted by Crippen LogP contribution is 2.44. The van der Waals surface area contributed by atoms with E-state index in [9.17, 15) is 4.79 Å². The Bertz CT molecular complexity index is 1850. The molecule has 6 rings (SSSR count). The van der Waals surface area contributed by atoms with Gasteiger partial charge in [-0.25, -0.2) is 10.4 Å². The molecular formula is C35H33BrN6O6. The molecule has 0 saturated heterocycles. The van der Waals surface area contributed by atoms with Gasteiger partial charge < -0.3 is 24.1 Å². The van der Waals surface area contributed by atoms with Crippen LogP contribution in [0.2, 0.25) is 0 Å². The van der Waals surface area contributed by atoms with Gasteiger partial charge in [-0.05, 0) is 70.2 Å². The summed E-state index contributed by atoms with van der Waals surface area (Å²) in [5.74, 6) is 1.81. The third-order valence-corrected chi connectivity index (χ3v) is 8.79. The maximum atomic E-state index is 14.6. The molecule has 48 heavy (non-hydrogen) atoms. The van der Waals surface area contributed by atoms with Crippen LogP contribution in [0.1, 0.15) is 40.3 Å². The van der Waals surface area contributed by atoms with Crippen LogP contribution in [0.3, 0.4) is 0 Å². The molecule has 0 bridgehead atoms. The third kappa shape index (κ3) is 7.24. The molecule has 0 spiro atoms. The van der Waals surface area contributed by atoms with E-state index in [1.165, 1.54) is 0 Å². The number of nitrogens with zero attached hydrogens (tertiary/aromatic N) is 4. The number of hydrogen-bond acceptors (Lipinski definition) is 9. The average Bonchev–Trinajstić information content (AvgIpc) is 3.74. The molecule has 13 heteroatoms. The summed E-state index contributed by atoms with van der Waals surface area (Å²) in [5.41, 5.74) is 17.4. The zero-order valence-electron chi connectivity index (χ0n) is 25.8. The Labute approximate surface area is 285 Å². The van der Waals surface area contributed by atoms with Crippen molar-refractivity contribution in [2.24, 2.45) is 10.1 Å². The van der Waals surface area contributed by atoms with Gasteiger partial charge in [-0.3, -0.25) is 10.2 Å². The highest BCUT2D eigenvalue weighted by atomic mass is 79.9. The lowest BCUT2D eigenvalue weighted by Crippen LogP contribution is -2.53. The molecule has 2 heterocycles. The summed E-state index contributed by atoms with van der Waals surface area (Å²) in [5, 5.41) is 12.9. The molecule has 0 aliphatic carbocycles. The molecule has 3 N–H and O–H groups in total. The topological polar surface area (TPSA) is 159 Å². The Morgan fingerprint density at radius 2 is 1.81 bits per heavy atom. The fourth-order valence-corrected chi connectivity index (χ4v) is 6.04. The Morgan fingerprint density at radius 3 is 2.60 bits per heavy atom. The second-order valence-corrected chi connectivity index (χ2v) is 12.0. The quantitative estimate of drug-likeness (QED) is 0.0470. The zero-order valence-corrected chi connectivity index (χ0v) is 27.4. The number of azide groups is 1. The molecule has 12 nitrogen and oxygen atoms in total. The number of aliphatic imine (C=N–C) groups is 1. The molecule has 0 saturated carbocycles. The number of ether oxygens (including phenoxy) is 4. The van der Waals surface area contributed by atoms with E-state index >= 15 is 0 Å². The highest BCUT2D eigenvalue weighted by molar-refractivity contribution is 9.10. The van der Waals surface area contributed by atoms with E-state index in [2.05, 4.69) is 36.8 Å². The maximum absolute atomic E-state index is 14.6. The van der Waals surface area contributed by atoms with E-state index in [0.717, 1.165) is 15.6 Å². The molecule has 4 aromatic carbocycles. The highest BCUT2D eigenvalue weighted by Gasteiger charge is 2.54. The number of aliphatic hydroxyl groups is 1. The van der Waals surface area contributed by atoms with E-state index in [0.29, 0.717) is 53.5 Å². The minimum absolute atomic E-state index is 0.0402. The second-order valence-electron chi connectivity index (χ2n) is 11.1. The monoisotopic (exact) mass is 712 g/mol. The van der Waals surface area contributed by atoms with Crippen LogP contribution in [0, 0.1) is 0 Å². The van der Waals surface area contributed by atoms with Crippen LogP contribution in [-0.2, 0) is 29.0 Å². The SMILES string of the molecule is [N-]=[N+]=NCc1ccccc1[C@@H]1OC(c2ccc(OCCCO)cc2)=N[C@]1(Cc1ccccc1Br)C(=O)NNCc1ccc2c(c1)OCO2. The summed E-state index contributed by atoms with van der Waals surface area (Å²) >= 11 is 3.66. The largest absolute Gasteiger partial charge is 0.494 e. The van der Waals surface area contributed by atoms with Crippen LogP contribution in [0.4, 0.5) is 0 Å². The van der Waals surface area contributed by atoms with Gasteiger partial charge in [0, 0.05) is 40.9 Å². The van der Waals surface area contributed by atoms with Crippen LogP contribution in [0.5, 0.6) is 17.2 Å². The van der Waals surface area contributed by atoms with Crippen LogP contribution in [0.25, 0.3) is 10.4 Å². The predicted molar refractivity (Wildman–Crippen MR) is 181 cm³/mol. The first kappa shape index (κ1) is 32.9. The number of hydrogen-bond donors (Lipinski definition) is 3. The van der Waals surface area contributed by atoms with Gasteiger partial charge in [0.1, 0.15) is 5.75 Å². The minimum Gasteiger partial charge on any atom is -0.494 e. The smallest absolute Gasteiger partial charge is 0.266 e. The van der Waals surface area contributed by atoms with E-state index < -0.39 is 17.6 Å². The summed E-state index contributed by atoms with van der Waals surface area (Å²) in [6.45, 7) is 0.963. The van der Waals surface area contributed by atoms with E-state index in [-0.39, 0.29) is 32.3 Å². The Kier molecular flexibility index (Phi) is 10.4. The van der Waals surface area contributed by atoms with Crippen molar-refractivity contribution < 1.29 is 28.8 Å². The minimum atomic E-state index is -1.50. The summed E-state index contributed by atoms with van der Waals surface area (Å²) < 4.78 is 24.1. The molecule has 246 valence electrons. The molecule has 0 fully saturated rings. The molecule has 2 aliphatic rings. The van der Waals surface area contributed by atoms with Crippen LogP contribution >= 0.6 is 15.9 Å². The maximum Gasteiger partial charge on any atom is 0.266 e. The van der Waals surface area contributed by atoms with Crippen molar-refractivity contribution >= 4 is 27.7 Å². The molecule has 0 radical (unpaired) electrons. The van der Waals surface area contributed by atoms with Crippen molar-refractivity contribution in [3.05, 3.63) is 134 Å². The van der Waals surface area contributed by atoms with E-state index in [1.54, 1.807) is 12.1 Å². The van der Waals surface area contributed by atoms with Gasteiger partial charge in [0.25, 0.3) is 5.91 Å². The van der Waals surface area contributed by atoms with E-state index in [1.807, 2.05) is 78.9 Å². The standard InChI is InChI=1S/C35H33BrN6O6/c36-29-9-4-2-6-25(29)19-35(34(44)41-38-20-23-10-15-30-31(18-23)47-22-46-30)32(28-8-3-1-7-26(28)21-39-42-37)48-33(40-35)24-11-13-27(14-12-24)45-17-5-16-43/h1-4,6-15,18,32,38,43H,5,16-17,19-22H2,(H,41,44)/t32-,35-/m0/s1. The van der Waals surface area contributed by atoms with Gasteiger partial charge in [-0.15, -0.1) is 0 Å². The van der Waals surface area contributed by atoms with Gasteiger partial charge in [0.15, 0.2) is 23.1 Å². The lowest BCUT2D eigenvalue weighted by Gasteiger charge is -2.32. The Hall–Kier alpha value is -5.07. The first-order valence-corrected chi connectivity index (χ1v) is 16.1. The number of carbonyl (C=O) groups is 1. The van der Waals surface area contributed by atoms with Gasteiger partial charge in [-0.2, -0.15) is 0 Å². The van der Waals surface area contributed by atoms with Gasteiger partial charge in [0.05, 0.1) is 13.2 Å². The molecular weight excluding hydrogens is 680 g/mol. The zero-order chi connectivity index (χ0) is 33.3. The summed E-state index contributed by atoms with van der Waals surface area (Å²) in [6, 6.07) is 27.9. The van der Waals surface area contributed by atoms with Crippen LogP contribution < -0.4 is 25.1 Å². The summed E-state index contributed by atoms with van der Waals surface area (Å²) in [7, 11) is 0. The Balaban J connectivity index is 1.38. The van der Waals surface area contributed by atoms with Crippen molar-refractivity contribution in [1.82, 2.24) is 10.9 Å². The van der Waals surface area contributed by atoms with Crippen molar-refractivity contribution in [1.29, 1.82) is 0 Å². The third-order valence-electron chi connectivity index (χ3n) is 8.02. The number of benzene rings is 4. The summed E-state index contributed by atoms with van der Waals surface area (Å²) in [4.78, 5) is 22.7. The second kappa shape index (κ2) is 15.2. The van der Waals surface area contributed by atoms with Gasteiger partial charge in [0.2, 0.25) is 12.7 Å². The first-order chi connectivity index (χ1) is 23.5. The average molecular weight is 714 g/mol. The lowest BCUT2D eigenvalue weighted by atomic mass is 9.80. The van der Waals surface area contributed by atoms with Crippen LogP contribution in [-0.4, -0.2) is 42.5 Å². The molecule has 0 unspecified atom stereocenters. The van der Waals surface area contributed by atoms with Crippen molar-refractivity contribution in [3.63, 3.8) is 0 Å². The summed E-state index contributed by atoms with van der Waals surface area (Å²) in [6.07, 6.45) is -0.195. The molecule has 2 atom stereocenters. The Morgan fingerprint density at radius 1 is 1.04 bits per heavy atom. The number of rotatable bonds is 14. The number of aliphatic hydroxyl groups excluding tert-OH is 1. The molecule has 1 amide bonds. The number of fused-ring (bicyclic) bond motifs is 1. The number of amides is 1. The van der Waals surface area contributed by atoms with E-state index in [4.69, 9.17) is 34.6 Å². The fraction of sp³-hybridized carbons (Fsp3) is 0.257. The van der Waals surface area contributed by atoms with Gasteiger partial charge >= 0.3 is 0 Å². The first-order valence-electron chi connectivity index (χ1n) is 15.4. The molecule has 0 aromatic heterocycles. The lowest BCUT2D eigenvalue weighted by molar-refractivity contribution is -0.130. The number of carbonyl (C=O) groups excluding carboxylic acids is 1.